The zero-order valence-corrected chi connectivity index (χ0v) is 12.3. The zero-order chi connectivity index (χ0) is 16.6. The Balaban J connectivity index is 1.87. The minimum absolute atomic E-state index is 0.101. The van der Waals surface area contributed by atoms with Gasteiger partial charge in [0.15, 0.2) is 0 Å². The Kier molecular flexibility index (Phi) is 3.83. The molecule has 1 amide bonds. The normalized spacial score (nSPS) is 11.1. The van der Waals surface area contributed by atoms with Crippen molar-refractivity contribution in [3.05, 3.63) is 47.2 Å². The van der Waals surface area contributed by atoms with Gasteiger partial charge in [-0.15, -0.1) is 0 Å². The van der Waals surface area contributed by atoms with Gasteiger partial charge in [-0.3, -0.25) is 4.79 Å². The highest BCUT2D eigenvalue weighted by molar-refractivity contribution is 6.30. The van der Waals surface area contributed by atoms with Crippen LogP contribution in [0, 0.1) is 0 Å². The van der Waals surface area contributed by atoms with E-state index in [-0.39, 0.29) is 22.1 Å². The highest BCUT2D eigenvalue weighted by atomic mass is 35.5. The number of nitrogens with two attached hydrogens (primary N) is 1. The highest BCUT2D eigenvalue weighted by Gasteiger charge is 2.13. The van der Waals surface area contributed by atoms with Gasteiger partial charge in [-0.25, -0.2) is 9.67 Å². The molecule has 0 atom stereocenters. The number of rotatable bonds is 3. The fourth-order valence-electron chi connectivity index (χ4n) is 2.14. The van der Waals surface area contributed by atoms with Gasteiger partial charge in [-0.1, -0.05) is 11.6 Å². The van der Waals surface area contributed by atoms with E-state index in [1.54, 1.807) is 6.07 Å². The van der Waals surface area contributed by atoms with Crippen LogP contribution in [-0.2, 0) is 0 Å². The van der Waals surface area contributed by atoms with Gasteiger partial charge in [0, 0.05) is 16.6 Å². The second-order valence-corrected chi connectivity index (χ2v) is 5.09. The fraction of sp³-hybridized carbons (Fsp3) is 0.0714. The predicted octanol–water partition coefficient (Wildman–Crippen LogP) is 3.31. The molecule has 0 aliphatic heterocycles. The minimum atomic E-state index is -2.73. The van der Waals surface area contributed by atoms with E-state index in [0.717, 1.165) is 0 Å². The van der Waals surface area contributed by atoms with Gasteiger partial charge in [0.05, 0.1) is 11.7 Å². The maximum Gasteiger partial charge on any atom is 0.333 e. The number of nitrogen functional groups attached to an aromatic ring is 1. The lowest BCUT2D eigenvalue weighted by atomic mass is 10.2. The van der Waals surface area contributed by atoms with Crippen LogP contribution in [0.15, 0.2) is 36.5 Å². The van der Waals surface area contributed by atoms with Crippen LogP contribution in [0.4, 0.5) is 20.3 Å². The van der Waals surface area contributed by atoms with Gasteiger partial charge in [-0.05, 0) is 30.3 Å². The number of carbonyl (C=O) groups excluding carboxylic acids is 1. The standard InChI is InChI=1S/C14H10ClF2N5O/c15-11-4-7(5-12(18)21-11)13(23)20-9-1-2-10-8(3-9)6-19-22(10)14(16)17/h1-6,14H,(H2,18,21)(H,20,23). The van der Waals surface area contributed by atoms with E-state index in [0.29, 0.717) is 15.8 Å². The number of nitrogens with zero attached hydrogens (tertiary/aromatic N) is 3. The average Bonchev–Trinajstić information content (AvgIpc) is 2.89. The first kappa shape index (κ1) is 15.2. The Hall–Kier alpha value is -2.74. The molecular formula is C14H10ClF2N5O. The molecular weight excluding hydrogens is 328 g/mol. The van der Waals surface area contributed by atoms with Gasteiger partial charge in [-0.2, -0.15) is 13.9 Å². The van der Waals surface area contributed by atoms with Crippen LogP contribution in [0.5, 0.6) is 0 Å². The van der Waals surface area contributed by atoms with Gasteiger partial charge >= 0.3 is 6.55 Å². The second kappa shape index (κ2) is 5.81. The Labute approximate surface area is 133 Å². The van der Waals surface area contributed by atoms with Crippen molar-refractivity contribution in [3.63, 3.8) is 0 Å². The molecule has 0 radical (unpaired) electrons. The lowest BCUT2D eigenvalue weighted by Gasteiger charge is -2.07. The number of halogens is 3. The van der Waals surface area contributed by atoms with Crippen molar-refractivity contribution in [3.8, 4) is 0 Å². The lowest BCUT2D eigenvalue weighted by Crippen LogP contribution is -2.12. The summed E-state index contributed by atoms with van der Waals surface area (Å²) in [5, 5.41) is 6.83. The van der Waals surface area contributed by atoms with E-state index in [1.165, 1.54) is 30.5 Å². The largest absolute Gasteiger partial charge is 0.384 e. The van der Waals surface area contributed by atoms with E-state index in [9.17, 15) is 13.6 Å². The molecule has 2 heterocycles. The highest BCUT2D eigenvalue weighted by Crippen LogP contribution is 2.23. The van der Waals surface area contributed by atoms with E-state index < -0.39 is 12.5 Å². The summed E-state index contributed by atoms with van der Waals surface area (Å²) in [5.74, 6) is -0.321. The Morgan fingerprint density at radius 3 is 2.78 bits per heavy atom. The molecule has 0 fully saturated rings. The summed E-state index contributed by atoms with van der Waals surface area (Å²) in [6, 6.07) is 7.27. The first-order valence-corrected chi connectivity index (χ1v) is 6.81. The molecule has 2 aromatic heterocycles. The molecule has 1 aromatic carbocycles. The third kappa shape index (κ3) is 3.07. The van der Waals surface area contributed by atoms with Gasteiger partial charge in [0.1, 0.15) is 11.0 Å². The third-order valence-electron chi connectivity index (χ3n) is 3.11. The van der Waals surface area contributed by atoms with Crippen molar-refractivity contribution in [2.24, 2.45) is 0 Å². The van der Waals surface area contributed by atoms with E-state index in [2.05, 4.69) is 15.4 Å². The molecule has 0 saturated carbocycles. The Bertz CT molecular complexity index is 876. The summed E-state index contributed by atoms with van der Waals surface area (Å²) < 4.78 is 26.1. The number of pyridine rings is 1. The van der Waals surface area contributed by atoms with Crippen LogP contribution < -0.4 is 11.1 Å². The quantitative estimate of drug-likeness (QED) is 0.718. The molecule has 0 saturated heterocycles. The number of fused-ring (bicyclic) bond motifs is 1. The molecule has 0 unspecified atom stereocenters. The number of carbonyl (C=O) groups is 1. The number of amides is 1. The first-order valence-electron chi connectivity index (χ1n) is 6.44. The lowest BCUT2D eigenvalue weighted by molar-refractivity contribution is 0.0615. The zero-order valence-electron chi connectivity index (χ0n) is 11.5. The average molecular weight is 338 g/mol. The first-order chi connectivity index (χ1) is 10.9. The molecule has 0 bridgehead atoms. The molecule has 0 spiro atoms. The van der Waals surface area contributed by atoms with E-state index in [1.807, 2.05) is 0 Å². The smallest absolute Gasteiger partial charge is 0.333 e. The summed E-state index contributed by atoms with van der Waals surface area (Å²) in [5.41, 5.74) is 6.49. The van der Waals surface area contributed by atoms with Gasteiger partial charge < -0.3 is 11.1 Å². The number of hydrogen-bond donors (Lipinski definition) is 2. The van der Waals surface area contributed by atoms with Crippen LogP contribution >= 0.6 is 11.6 Å². The van der Waals surface area contributed by atoms with Gasteiger partial charge in [0.2, 0.25) is 0 Å². The van der Waals surface area contributed by atoms with Crippen LogP contribution in [-0.4, -0.2) is 20.7 Å². The van der Waals surface area contributed by atoms with Crippen LogP contribution in [0.3, 0.4) is 0 Å². The molecule has 118 valence electrons. The van der Waals surface area contributed by atoms with Crippen molar-refractivity contribution < 1.29 is 13.6 Å². The number of anilines is 2. The number of alkyl halides is 2. The van der Waals surface area contributed by atoms with Crippen molar-refractivity contribution >= 4 is 39.9 Å². The molecule has 9 heteroatoms. The SMILES string of the molecule is Nc1cc(C(=O)Nc2ccc3c(cnn3C(F)F)c2)cc(Cl)n1. The molecule has 3 aromatic rings. The van der Waals surface area contributed by atoms with Crippen LogP contribution in [0.25, 0.3) is 10.9 Å². The summed E-state index contributed by atoms with van der Waals surface area (Å²) in [4.78, 5) is 15.9. The summed E-state index contributed by atoms with van der Waals surface area (Å²) in [7, 11) is 0. The summed E-state index contributed by atoms with van der Waals surface area (Å²) in [6.45, 7) is -2.73. The second-order valence-electron chi connectivity index (χ2n) is 4.70. The number of aromatic nitrogens is 3. The predicted molar refractivity (Wildman–Crippen MR) is 82.6 cm³/mol. The number of nitrogens with one attached hydrogen (secondary N) is 1. The molecule has 23 heavy (non-hydrogen) atoms. The van der Waals surface area contributed by atoms with E-state index >= 15 is 0 Å². The molecule has 6 nitrogen and oxygen atoms in total. The molecule has 3 N–H and O–H groups in total. The summed E-state index contributed by atoms with van der Waals surface area (Å²) >= 11 is 5.75. The van der Waals surface area contributed by atoms with E-state index in [4.69, 9.17) is 17.3 Å². The minimum Gasteiger partial charge on any atom is -0.384 e. The Morgan fingerprint density at radius 2 is 2.09 bits per heavy atom. The van der Waals surface area contributed by atoms with Crippen molar-refractivity contribution in [1.29, 1.82) is 0 Å². The topological polar surface area (TPSA) is 85.8 Å². The van der Waals surface area contributed by atoms with Crippen LogP contribution in [0.2, 0.25) is 5.15 Å². The van der Waals surface area contributed by atoms with Crippen LogP contribution in [0.1, 0.15) is 16.9 Å². The monoisotopic (exact) mass is 337 g/mol. The molecule has 0 aliphatic rings. The Morgan fingerprint density at radius 1 is 1.30 bits per heavy atom. The summed E-state index contributed by atoms with van der Waals surface area (Å²) in [6.07, 6.45) is 1.30. The van der Waals surface area contributed by atoms with Crippen molar-refractivity contribution in [2.75, 3.05) is 11.1 Å². The van der Waals surface area contributed by atoms with Crippen molar-refractivity contribution in [1.82, 2.24) is 14.8 Å². The molecule has 3 rings (SSSR count). The fourth-order valence-corrected chi connectivity index (χ4v) is 2.35. The van der Waals surface area contributed by atoms with Gasteiger partial charge in [0.25, 0.3) is 5.91 Å². The maximum atomic E-state index is 12.7. The third-order valence-corrected chi connectivity index (χ3v) is 3.31. The maximum absolute atomic E-state index is 12.7. The number of benzene rings is 1. The number of hydrogen-bond acceptors (Lipinski definition) is 4. The molecule has 0 aliphatic carbocycles. The van der Waals surface area contributed by atoms with Crippen molar-refractivity contribution in [2.45, 2.75) is 6.55 Å².